The molecular weight excluding hydrogens is 248 g/mol. The Kier molecular flexibility index (Phi) is 3.06. The van der Waals surface area contributed by atoms with E-state index in [2.05, 4.69) is 57.8 Å². The minimum atomic E-state index is 1.07. The average Bonchev–Trinajstić information content (AvgIpc) is 2.81. The van der Waals surface area contributed by atoms with Crippen LogP contribution in [0.3, 0.4) is 0 Å². The summed E-state index contributed by atoms with van der Waals surface area (Å²) in [5.41, 5.74) is 4.47. The second-order valence-electron chi connectivity index (χ2n) is 5.11. The number of rotatable bonds is 3. The highest BCUT2D eigenvalue weighted by molar-refractivity contribution is 5.83. The molecule has 1 N–H and O–H groups in total. The molecule has 0 amide bonds. The van der Waals surface area contributed by atoms with Crippen molar-refractivity contribution in [2.24, 2.45) is 7.05 Å². The maximum Gasteiger partial charge on any atom is 0.0699 e. The lowest BCUT2D eigenvalue weighted by molar-refractivity contribution is 0.797. The number of benzene rings is 2. The third-order valence-electron chi connectivity index (χ3n) is 3.42. The number of nitrogens with zero attached hydrogens (tertiary/aromatic N) is 3. The Balaban J connectivity index is 1.86. The van der Waals surface area contributed by atoms with Gasteiger partial charge in [0.2, 0.25) is 0 Å². The van der Waals surface area contributed by atoms with Crippen LogP contribution in [0.1, 0.15) is 0 Å². The van der Waals surface area contributed by atoms with Gasteiger partial charge in [-0.3, -0.25) is 4.68 Å². The van der Waals surface area contributed by atoms with Crippen LogP contribution in [0.2, 0.25) is 0 Å². The van der Waals surface area contributed by atoms with Crippen molar-refractivity contribution in [2.75, 3.05) is 24.3 Å². The van der Waals surface area contributed by atoms with E-state index in [4.69, 9.17) is 0 Å². The lowest BCUT2D eigenvalue weighted by Gasteiger charge is -2.13. The highest BCUT2D eigenvalue weighted by Gasteiger charge is 2.02. The lowest BCUT2D eigenvalue weighted by atomic mass is 10.2. The molecule has 1 aromatic heterocycles. The van der Waals surface area contributed by atoms with Gasteiger partial charge in [0.15, 0.2) is 0 Å². The van der Waals surface area contributed by atoms with Crippen molar-refractivity contribution < 1.29 is 0 Å². The monoisotopic (exact) mass is 266 g/mol. The summed E-state index contributed by atoms with van der Waals surface area (Å²) in [7, 11) is 6.04. The number of hydrogen-bond acceptors (Lipinski definition) is 3. The molecule has 1 heterocycles. The zero-order chi connectivity index (χ0) is 14.1. The maximum atomic E-state index is 4.26. The summed E-state index contributed by atoms with van der Waals surface area (Å²) in [6, 6.07) is 14.6. The normalized spacial score (nSPS) is 10.8. The SMILES string of the molecule is CN(C)c1ccc(Nc2ccc3cnn(C)c3c2)cc1. The van der Waals surface area contributed by atoms with E-state index in [1.54, 1.807) is 0 Å². The van der Waals surface area contributed by atoms with Crippen LogP contribution in [0.4, 0.5) is 17.1 Å². The number of hydrogen-bond donors (Lipinski definition) is 1. The molecule has 4 nitrogen and oxygen atoms in total. The van der Waals surface area contributed by atoms with Gasteiger partial charge in [0, 0.05) is 43.6 Å². The molecule has 3 rings (SSSR count). The van der Waals surface area contributed by atoms with E-state index in [9.17, 15) is 0 Å². The molecule has 0 saturated heterocycles. The van der Waals surface area contributed by atoms with Gasteiger partial charge in [0.05, 0.1) is 11.7 Å². The first-order valence-corrected chi connectivity index (χ1v) is 6.60. The van der Waals surface area contributed by atoms with Gasteiger partial charge in [0.25, 0.3) is 0 Å². The van der Waals surface area contributed by atoms with Crippen molar-refractivity contribution in [1.82, 2.24) is 9.78 Å². The van der Waals surface area contributed by atoms with Crippen LogP contribution in [0.5, 0.6) is 0 Å². The van der Waals surface area contributed by atoms with Crippen LogP contribution < -0.4 is 10.2 Å². The predicted molar refractivity (Wildman–Crippen MR) is 84.8 cm³/mol. The second-order valence-corrected chi connectivity index (χ2v) is 5.11. The first-order valence-electron chi connectivity index (χ1n) is 6.60. The third-order valence-corrected chi connectivity index (χ3v) is 3.42. The predicted octanol–water partition coefficient (Wildman–Crippen LogP) is 3.38. The Bertz CT molecular complexity index is 726. The van der Waals surface area contributed by atoms with Gasteiger partial charge < -0.3 is 10.2 Å². The highest BCUT2D eigenvalue weighted by Crippen LogP contribution is 2.23. The summed E-state index contributed by atoms with van der Waals surface area (Å²) in [6.07, 6.45) is 1.88. The molecule has 0 fully saturated rings. The summed E-state index contributed by atoms with van der Waals surface area (Å²) < 4.78 is 1.88. The molecule has 3 aromatic rings. The number of nitrogens with one attached hydrogen (secondary N) is 1. The molecule has 2 aromatic carbocycles. The molecule has 102 valence electrons. The van der Waals surface area contributed by atoms with Crippen LogP contribution in [-0.2, 0) is 7.05 Å². The minimum absolute atomic E-state index is 1.07. The summed E-state index contributed by atoms with van der Waals surface area (Å²) in [4.78, 5) is 2.09. The molecule has 20 heavy (non-hydrogen) atoms. The zero-order valence-corrected chi connectivity index (χ0v) is 12.0. The molecule has 0 aliphatic heterocycles. The topological polar surface area (TPSA) is 33.1 Å². The number of fused-ring (bicyclic) bond motifs is 1. The largest absolute Gasteiger partial charge is 0.378 e. The van der Waals surface area contributed by atoms with E-state index < -0.39 is 0 Å². The average molecular weight is 266 g/mol. The molecule has 0 unspecified atom stereocenters. The maximum absolute atomic E-state index is 4.26. The van der Waals surface area contributed by atoms with Gasteiger partial charge in [-0.25, -0.2) is 0 Å². The van der Waals surface area contributed by atoms with Crippen LogP contribution >= 0.6 is 0 Å². The van der Waals surface area contributed by atoms with E-state index in [0.717, 1.165) is 22.3 Å². The highest BCUT2D eigenvalue weighted by atomic mass is 15.2. The van der Waals surface area contributed by atoms with Gasteiger partial charge in [0.1, 0.15) is 0 Å². The van der Waals surface area contributed by atoms with Crippen LogP contribution in [-0.4, -0.2) is 23.9 Å². The Morgan fingerprint density at radius 3 is 2.40 bits per heavy atom. The summed E-state index contributed by atoms with van der Waals surface area (Å²) in [5.74, 6) is 0. The van der Waals surface area contributed by atoms with Crippen molar-refractivity contribution in [1.29, 1.82) is 0 Å². The Hall–Kier alpha value is -2.49. The van der Waals surface area contributed by atoms with E-state index >= 15 is 0 Å². The van der Waals surface area contributed by atoms with Gasteiger partial charge in [-0.05, 0) is 42.5 Å². The molecule has 0 radical (unpaired) electrons. The number of aromatic nitrogens is 2. The lowest BCUT2D eigenvalue weighted by Crippen LogP contribution is -2.08. The summed E-state index contributed by atoms with van der Waals surface area (Å²) in [5, 5.41) is 8.83. The second kappa shape index (κ2) is 4.89. The van der Waals surface area contributed by atoms with Crippen molar-refractivity contribution >= 4 is 28.0 Å². The van der Waals surface area contributed by atoms with E-state index in [1.807, 2.05) is 32.0 Å². The number of anilines is 3. The molecular formula is C16H18N4. The zero-order valence-electron chi connectivity index (χ0n) is 12.0. The van der Waals surface area contributed by atoms with Crippen LogP contribution in [0.25, 0.3) is 10.9 Å². The molecule has 0 atom stereocenters. The minimum Gasteiger partial charge on any atom is -0.378 e. The Morgan fingerprint density at radius 1 is 1.00 bits per heavy atom. The van der Waals surface area contributed by atoms with Crippen molar-refractivity contribution in [3.63, 3.8) is 0 Å². The van der Waals surface area contributed by atoms with Gasteiger partial charge >= 0.3 is 0 Å². The van der Waals surface area contributed by atoms with Gasteiger partial charge in [-0.15, -0.1) is 0 Å². The molecule has 0 aliphatic carbocycles. The van der Waals surface area contributed by atoms with Crippen LogP contribution in [0, 0.1) is 0 Å². The molecule has 4 heteroatoms. The molecule has 0 bridgehead atoms. The van der Waals surface area contributed by atoms with Gasteiger partial charge in [-0.1, -0.05) is 0 Å². The summed E-state index contributed by atoms with van der Waals surface area (Å²) >= 11 is 0. The van der Waals surface area contributed by atoms with E-state index in [-0.39, 0.29) is 0 Å². The first-order chi connectivity index (χ1) is 9.63. The molecule has 0 aliphatic rings. The van der Waals surface area contributed by atoms with Crippen molar-refractivity contribution in [3.05, 3.63) is 48.7 Å². The Morgan fingerprint density at radius 2 is 1.70 bits per heavy atom. The third kappa shape index (κ3) is 2.32. The fourth-order valence-corrected chi connectivity index (χ4v) is 2.23. The van der Waals surface area contributed by atoms with E-state index in [1.165, 1.54) is 5.69 Å². The Labute approximate surface area is 118 Å². The fourth-order valence-electron chi connectivity index (χ4n) is 2.23. The van der Waals surface area contributed by atoms with Crippen LogP contribution in [0.15, 0.2) is 48.7 Å². The molecule has 0 spiro atoms. The van der Waals surface area contributed by atoms with Gasteiger partial charge in [-0.2, -0.15) is 5.10 Å². The fraction of sp³-hybridized carbons (Fsp3) is 0.188. The summed E-state index contributed by atoms with van der Waals surface area (Å²) in [6.45, 7) is 0. The first kappa shape index (κ1) is 12.5. The van der Waals surface area contributed by atoms with E-state index in [0.29, 0.717) is 0 Å². The van der Waals surface area contributed by atoms with Crippen molar-refractivity contribution in [2.45, 2.75) is 0 Å². The quantitative estimate of drug-likeness (QED) is 0.789. The standard InChI is InChI=1S/C16H18N4/c1-19(2)15-8-6-13(7-9-15)18-14-5-4-12-11-17-20(3)16(12)10-14/h4-11,18H,1-3H3. The van der Waals surface area contributed by atoms with Crippen molar-refractivity contribution in [3.8, 4) is 0 Å². The number of aryl methyl sites for hydroxylation is 1. The smallest absolute Gasteiger partial charge is 0.0699 e. The molecule has 0 saturated carbocycles.